The lowest BCUT2D eigenvalue weighted by atomic mass is 9.81. The molecule has 0 aromatic heterocycles. The lowest BCUT2D eigenvalue weighted by molar-refractivity contribution is 0.107. The molecule has 0 saturated heterocycles. The smallest absolute Gasteiger partial charge is 0.0619 e. The number of hydrogen-bond donors (Lipinski definition) is 1. The molecule has 13 heavy (non-hydrogen) atoms. The average molecular weight is 185 g/mol. The molecule has 0 heterocycles. The van der Waals surface area contributed by atoms with Gasteiger partial charge in [0.15, 0.2) is 0 Å². The Morgan fingerprint density at radius 1 is 1.38 bits per heavy atom. The summed E-state index contributed by atoms with van der Waals surface area (Å²) < 4.78 is 5.46. The van der Waals surface area contributed by atoms with Crippen LogP contribution >= 0.6 is 0 Å². The molecule has 0 bridgehead atoms. The van der Waals surface area contributed by atoms with Crippen LogP contribution in [0.5, 0.6) is 0 Å². The fraction of sp³-hybridized carbons (Fsp3) is 1.00. The fourth-order valence-electron chi connectivity index (χ4n) is 1.89. The molecule has 1 aliphatic carbocycles. The first-order valence-electron chi connectivity index (χ1n) is 5.68. The monoisotopic (exact) mass is 185 g/mol. The van der Waals surface area contributed by atoms with Crippen molar-refractivity contribution in [2.45, 2.75) is 45.6 Å². The molecule has 1 aliphatic rings. The highest BCUT2D eigenvalue weighted by Gasteiger charge is 2.21. The van der Waals surface area contributed by atoms with Gasteiger partial charge in [-0.3, -0.25) is 0 Å². The number of ether oxygens (including phenoxy) is 1. The molecule has 1 rings (SSSR count). The molecule has 0 aromatic carbocycles. The third-order valence-electron chi connectivity index (χ3n) is 2.86. The average Bonchev–Trinajstić information content (AvgIpc) is 2.07. The predicted molar refractivity (Wildman–Crippen MR) is 55.9 cm³/mol. The maximum absolute atomic E-state index is 5.46. The van der Waals surface area contributed by atoms with E-state index >= 15 is 0 Å². The first-order chi connectivity index (χ1) is 6.36. The second-order valence-electron chi connectivity index (χ2n) is 3.95. The van der Waals surface area contributed by atoms with Crippen LogP contribution in [0, 0.1) is 5.92 Å². The van der Waals surface area contributed by atoms with E-state index in [1.54, 1.807) is 0 Å². The number of likely N-dealkylation sites (N-methyl/N-ethyl adjacent to an activating group) is 1. The van der Waals surface area contributed by atoms with Crippen LogP contribution in [0.2, 0.25) is 0 Å². The van der Waals surface area contributed by atoms with E-state index in [0.29, 0.717) is 6.04 Å². The largest absolute Gasteiger partial charge is 0.380 e. The normalized spacial score (nSPS) is 19.8. The molecule has 1 unspecified atom stereocenters. The van der Waals surface area contributed by atoms with Gasteiger partial charge in [0.25, 0.3) is 0 Å². The maximum atomic E-state index is 5.46. The second-order valence-corrected chi connectivity index (χ2v) is 3.95. The molecule has 0 aromatic rings. The molecular weight excluding hydrogens is 162 g/mol. The molecule has 1 saturated carbocycles. The van der Waals surface area contributed by atoms with Crippen LogP contribution in [0.15, 0.2) is 0 Å². The molecule has 2 heteroatoms. The first-order valence-corrected chi connectivity index (χ1v) is 5.68. The summed E-state index contributed by atoms with van der Waals surface area (Å²) in [5, 5.41) is 3.49. The highest BCUT2D eigenvalue weighted by molar-refractivity contribution is 4.76. The highest BCUT2D eigenvalue weighted by Crippen LogP contribution is 2.30. The zero-order valence-electron chi connectivity index (χ0n) is 9.01. The van der Waals surface area contributed by atoms with Gasteiger partial charge in [0.2, 0.25) is 0 Å². The Hall–Kier alpha value is -0.0800. The molecule has 0 amide bonds. The lowest BCUT2D eigenvalue weighted by Gasteiger charge is -2.29. The van der Waals surface area contributed by atoms with Gasteiger partial charge in [0.05, 0.1) is 6.61 Å². The van der Waals surface area contributed by atoms with Crippen molar-refractivity contribution in [3.05, 3.63) is 0 Å². The SMILES string of the molecule is CCNC(COCC)CC1CCC1. The maximum Gasteiger partial charge on any atom is 0.0619 e. The summed E-state index contributed by atoms with van der Waals surface area (Å²) in [6.45, 7) is 7.02. The summed E-state index contributed by atoms with van der Waals surface area (Å²) >= 11 is 0. The van der Waals surface area contributed by atoms with Crippen molar-refractivity contribution >= 4 is 0 Å². The van der Waals surface area contributed by atoms with E-state index in [0.717, 1.165) is 25.7 Å². The Kier molecular flexibility index (Phi) is 5.40. The summed E-state index contributed by atoms with van der Waals surface area (Å²) in [5.41, 5.74) is 0. The lowest BCUT2D eigenvalue weighted by Crippen LogP contribution is -2.36. The molecule has 0 spiro atoms. The molecular formula is C11H23NO. The van der Waals surface area contributed by atoms with Crippen molar-refractivity contribution in [2.24, 2.45) is 5.92 Å². The second kappa shape index (κ2) is 6.39. The van der Waals surface area contributed by atoms with E-state index in [-0.39, 0.29) is 0 Å². The molecule has 78 valence electrons. The van der Waals surface area contributed by atoms with Crippen molar-refractivity contribution < 1.29 is 4.74 Å². The minimum absolute atomic E-state index is 0.593. The van der Waals surface area contributed by atoms with Gasteiger partial charge in [-0.15, -0.1) is 0 Å². The van der Waals surface area contributed by atoms with Gasteiger partial charge < -0.3 is 10.1 Å². The van der Waals surface area contributed by atoms with Crippen molar-refractivity contribution in [3.63, 3.8) is 0 Å². The Balaban J connectivity index is 2.11. The van der Waals surface area contributed by atoms with Crippen LogP contribution < -0.4 is 5.32 Å². The van der Waals surface area contributed by atoms with Crippen LogP contribution in [0.25, 0.3) is 0 Å². The van der Waals surface area contributed by atoms with Gasteiger partial charge in [-0.2, -0.15) is 0 Å². The zero-order valence-corrected chi connectivity index (χ0v) is 9.01. The Morgan fingerprint density at radius 2 is 2.15 bits per heavy atom. The van der Waals surface area contributed by atoms with Gasteiger partial charge in [-0.05, 0) is 25.8 Å². The summed E-state index contributed by atoms with van der Waals surface area (Å²) in [6.07, 6.45) is 5.63. The van der Waals surface area contributed by atoms with Crippen molar-refractivity contribution in [3.8, 4) is 0 Å². The van der Waals surface area contributed by atoms with Gasteiger partial charge in [0.1, 0.15) is 0 Å². The van der Waals surface area contributed by atoms with E-state index < -0.39 is 0 Å². The van der Waals surface area contributed by atoms with Crippen LogP contribution in [-0.2, 0) is 4.74 Å². The third kappa shape index (κ3) is 4.10. The van der Waals surface area contributed by atoms with Gasteiger partial charge in [0, 0.05) is 12.6 Å². The fourth-order valence-corrected chi connectivity index (χ4v) is 1.89. The van der Waals surface area contributed by atoms with Crippen molar-refractivity contribution in [1.82, 2.24) is 5.32 Å². The van der Waals surface area contributed by atoms with Crippen LogP contribution in [0.4, 0.5) is 0 Å². The van der Waals surface area contributed by atoms with Gasteiger partial charge in [-0.1, -0.05) is 26.2 Å². The summed E-state index contributed by atoms with van der Waals surface area (Å²) in [5.74, 6) is 0.976. The molecule has 1 fully saturated rings. The number of rotatable bonds is 7. The van der Waals surface area contributed by atoms with Crippen LogP contribution in [0.3, 0.4) is 0 Å². The first kappa shape index (κ1) is 11.0. The standard InChI is InChI=1S/C11H23NO/c1-3-12-11(9-13-4-2)8-10-6-5-7-10/h10-12H,3-9H2,1-2H3. The van der Waals surface area contributed by atoms with E-state index in [1.165, 1.54) is 25.7 Å². The predicted octanol–water partition coefficient (Wildman–Crippen LogP) is 2.19. The summed E-state index contributed by atoms with van der Waals surface area (Å²) in [6, 6.07) is 0.593. The molecule has 0 aliphatic heterocycles. The quantitative estimate of drug-likeness (QED) is 0.656. The molecule has 2 nitrogen and oxygen atoms in total. The van der Waals surface area contributed by atoms with Crippen LogP contribution in [0.1, 0.15) is 39.5 Å². The van der Waals surface area contributed by atoms with Crippen molar-refractivity contribution in [1.29, 1.82) is 0 Å². The van der Waals surface area contributed by atoms with Gasteiger partial charge in [-0.25, -0.2) is 0 Å². The van der Waals surface area contributed by atoms with Gasteiger partial charge >= 0.3 is 0 Å². The number of hydrogen-bond acceptors (Lipinski definition) is 2. The Morgan fingerprint density at radius 3 is 2.62 bits per heavy atom. The van der Waals surface area contributed by atoms with E-state index in [4.69, 9.17) is 4.74 Å². The zero-order chi connectivity index (χ0) is 9.52. The minimum atomic E-state index is 0.593. The van der Waals surface area contributed by atoms with Crippen molar-refractivity contribution in [2.75, 3.05) is 19.8 Å². The molecule has 1 N–H and O–H groups in total. The third-order valence-corrected chi connectivity index (χ3v) is 2.86. The van der Waals surface area contributed by atoms with E-state index in [9.17, 15) is 0 Å². The molecule has 0 radical (unpaired) electrons. The summed E-state index contributed by atoms with van der Waals surface area (Å²) in [4.78, 5) is 0. The Labute approximate surface area is 82.0 Å². The summed E-state index contributed by atoms with van der Waals surface area (Å²) in [7, 11) is 0. The number of nitrogens with one attached hydrogen (secondary N) is 1. The molecule has 1 atom stereocenters. The minimum Gasteiger partial charge on any atom is -0.380 e. The topological polar surface area (TPSA) is 21.3 Å². The van der Waals surface area contributed by atoms with E-state index in [1.807, 2.05) is 0 Å². The van der Waals surface area contributed by atoms with Crippen LogP contribution in [-0.4, -0.2) is 25.8 Å². The Bertz CT molecular complexity index is 123. The highest BCUT2D eigenvalue weighted by atomic mass is 16.5. The van der Waals surface area contributed by atoms with E-state index in [2.05, 4.69) is 19.2 Å².